The molecule has 0 aliphatic rings. The van der Waals surface area contributed by atoms with Gasteiger partial charge in [0.05, 0.1) is 0 Å². The maximum Gasteiger partial charge on any atom is 0.140 e. The molecule has 1 N–H and O–H groups in total. The zero-order valence-corrected chi connectivity index (χ0v) is 12.3. The summed E-state index contributed by atoms with van der Waals surface area (Å²) in [4.78, 5) is 4.43. The number of imidazole rings is 1. The molecule has 0 fully saturated rings. The number of phenolic OH excluding ortho intramolecular Hbond substituents is 1. The lowest BCUT2D eigenvalue weighted by atomic mass is 10.2. The molecule has 20 heavy (non-hydrogen) atoms. The summed E-state index contributed by atoms with van der Waals surface area (Å²) >= 11 is 3.44. The summed E-state index contributed by atoms with van der Waals surface area (Å²) < 4.78 is 3.15. The molecule has 0 bridgehead atoms. The first-order valence-electron chi connectivity index (χ1n) is 6.27. The highest BCUT2D eigenvalue weighted by Crippen LogP contribution is 2.21. The maximum absolute atomic E-state index is 9.32. The molecule has 0 radical (unpaired) electrons. The van der Waals surface area contributed by atoms with Crippen molar-refractivity contribution in [3.63, 3.8) is 0 Å². The molecule has 0 atom stereocenters. The number of aromatic nitrogens is 2. The fraction of sp³-hybridized carbons (Fsp3) is 0.0625. The molecule has 0 aliphatic carbocycles. The average molecular weight is 329 g/mol. The fourth-order valence-corrected chi connectivity index (χ4v) is 2.36. The van der Waals surface area contributed by atoms with Crippen molar-refractivity contribution in [3.05, 3.63) is 71.0 Å². The van der Waals surface area contributed by atoms with Gasteiger partial charge in [-0.05, 0) is 29.8 Å². The molecule has 1 heterocycles. The normalized spacial score (nSPS) is 10.7. The quantitative estimate of drug-likeness (QED) is 0.787. The van der Waals surface area contributed by atoms with E-state index >= 15 is 0 Å². The minimum Gasteiger partial charge on any atom is -0.508 e. The van der Waals surface area contributed by atoms with Crippen molar-refractivity contribution >= 4 is 15.9 Å². The molecule has 1 aromatic heterocycles. The Hall–Kier alpha value is -2.07. The summed E-state index contributed by atoms with van der Waals surface area (Å²) in [7, 11) is 0. The predicted octanol–water partition coefficient (Wildman–Crippen LogP) is 4.07. The van der Waals surface area contributed by atoms with Gasteiger partial charge < -0.3 is 9.67 Å². The number of hydrogen-bond acceptors (Lipinski definition) is 2. The number of aromatic hydroxyl groups is 1. The zero-order chi connectivity index (χ0) is 13.9. The van der Waals surface area contributed by atoms with E-state index in [2.05, 4.69) is 25.5 Å². The fourth-order valence-electron chi connectivity index (χ4n) is 2.09. The first-order valence-corrected chi connectivity index (χ1v) is 7.07. The zero-order valence-electron chi connectivity index (χ0n) is 10.7. The first kappa shape index (κ1) is 12.9. The molecule has 0 aliphatic heterocycles. The van der Waals surface area contributed by atoms with Crippen molar-refractivity contribution in [3.8, 4) is 17.1 Å². The van der Waals surface area contributed by atoms with Gasteiger partial charge in [0.25, 0.3) is 0 Å². The molecule has 3 nitrogen and oxygen atoms in total. The second-order valence-corrected chi connectivity index (χ2v) is 5.47. The van der Waals surface area contributed by atoms with Gasteiger partial charge in [0, 0.05) is 29.0 Å². The van der Waals surface area contributed by atoms with E-state index in [1.807, 2.05) is 42.6 Å². The summed E-state index contributed by atoms with van der Waals surface area (Å²) in [6.07, 6.45) is 3.77. The molecule has 3 aromatic rings. The highest BCUT2D eigenvalue weighted by atomic mass is 79.9. The minimum absolute atomic E-state index is 0.285. The summed E-state index contributed by atoms with van der Waals surface area (Å²) in [5.41, 5.74) is 2.20. The molecule has 0 unspecified atom stereocenters. The van der Waals surface area contributed by atoms with Crippen molar-refractivity contribution in [2.45, 2.75) is 6.54 Å². The second kappa shape index (κ2) is 5.51. The highest BCUT2D eigenvalue weighted by molar-refractivity contribution is 9.10. The molecule has 0 spiro atoms. The van der Waals surface area contributed by atoms with Crippen LogP contribution in [-0.4, -0.2) is 14.7 Å². The lowest BCUT2D eigenvalue weighted by Crippen LogP contribution is -2.00. The van der Waals surface area contributed by atoms with Gasteiger partial charge in [0.1, 0.15) is 11.6 Å². The van der Waals surface area contributed by atoms with Crippen molar-refractivity contribution in [2.24, 2.45) is 0 Å². The third-order valence-corrected chi connectivity index (χ3v) is 3.64. The Kier molecular flexibility index (Phi) is 3.56. The molecule has 100 valence electrons. The van der Waals surface area contributed by atoms with E-state index in [9.17, 15) is 5.11 Å². The molecule has 0 amide bonds. The van der Waals surface area contributed by atoms with Crippen LogP contribution in [0.4, 0.5) is 0 Å². The van der Waals surface area contributed by atoms with Crippen LogP contribution in [0.15, 0.2) is 65.4 Å². The lowest BCUT2D eigenvalue weighted by molar-refractivity contribution is 0.475. The third kappa shape index (κ3) is 2.75. The monoisotopic (exact) mass is 328 g/mol. The van der Waals surface area contributed by atoms with Crippen LogP contribution < -0.4 is 0 Å². The van der Waals surface area contributed by atoms with Crippen molar-refractivity contribution in [1.82, 2.24) is 9.55 Å². The number of hydrogen-bond donors (Lipinski definition) is 1. The summed E-state index contributed by atoms with van der Waals surface area (Å²) in [5.74, 6) is 1.22. The van der Waals surface area contributed by atoms with Gasteiger partial charge in [-0.15, -0.1) is 0 Å². The van der Waals surface area contributed by atoms with E-state index in [-0.39, 0.29) is 5.75 Å². The minimum atomic E-state index is 0.285. The summed E-state index contributed by atoms with van der Waals surface area (Å²) in [6.45, 7) is 0.728. The van der Waals surface area contributed by atoms with Gasteiger partial charge in [-0.3, -0.25) is 0 Å². The number of phenols is 1. The number of nitrogens with zero attached hydrogens (tertiary/aromatic N) is 2. The van der Waals surface area contributed by atoms with Crippen LogP contribution in [0.2, 0.25) is 0 Å². The van der Waals surface area contributed by atoms with Gasteiger partial charge in [-0.25, -0.2) is 4.98 Å². The van der Waals surface area contributed by atoms with Crippen LogP contribution >= 0.6 is 15.9 Å². The number of halogens is 1. The molecular weight excluding hydrogens is 316 g/mol. The largest absolute Gasteiger partial charge is 0.508 e. The Labute approximate surface area is 125 Å². The standard InChI is InChI=1S/C16H13BrN2O/c17-14-5-3-13(4-6-14)16-18-9-10-19(16)11-12-1-7-15(20)8-2-12/h1-10,20H,11H2. The SMILES string of the molecule is Oc1ccc(Cn2ccnc2-c2ccc(Br)cc2)cc1. The van der Waals surface area contributed by atoms with E-state index in [0.29, 0.717) is 0 Å². The van der Waals surface area contributed by atoms with Crippen LogP contribution in [0.1, 0.15) is 5.56 Å². The van der Waals surface area contributed by atoms with Crippen LogP contribution in [0.25, 0.3) is 11.4 Å². The predicted molar refractivity (Wildman–Crippen MR) is 82.6 cm³/mol. The Morgan fingerprint density at radius 3 is 2.40 bits per heavy atom. The Morgan fingerprint density at radius 1 is 1.00 bits per heavy atom. The lowest BCUT2D eigenvalue weighted by Gasteiger charge is -2.08. The third-order valence-electron chi connectivity index (χ3n) is 3.11. The summed E-state index contributed by atoms with van der Waals surface area (Å²) in [5, 5.41) is 9.32. The summed E-state index contributed by atoms with van der Waals surface area (Å²) in [6, 6.07) is 15.3. The highest BCUT2D eigenvalue weighted by Gasteiger charge is 2.06. The van der Waals surface area contributed by atoms with Gasteiger partial charge in [0.2, 0.25) is 0 Å². The van der Waals surface area contributed by atoms with Crippen molar-refractivity contribution < 1.29 is 5.11 Å². The molecule has 4 heteroatoms. The van der Waals surface area contributed by atoms with Gasteiger partial charge in [-0.1, -0.05) is 40.2 Å². The van der Waals surface area contributed by atoms with Crippen LogP contribution in [0.5, 0.6) is 5.75 Å². The van der Waals surface area contributed by atoms with Crippen LogP contribution in [0.3, 0.4) is 0 Å². The van der Waals surface area contributed by atoms with Gasteiger partial charge >= 0.3 is 0 Å². The first-order chi connectivity index (χ1) is 9.72. The Balaban J connectivity index is 1.90. The molecule has 0 saturated heterocycles. The van der Waals surface area contributed by atoms with E-state index in [1.54, 1.807) is 18.3 Å². The average Bonchev–Trinajstić information content (AvgIpc) is 2.90. The molecule has 2 aromatic carbocycles. The Morgan fingerprint density at radius 2 is 1.70 bits per heavy atom. The van der Waals surface area contributed by atoms with E-state index in [4.69, 9.17) is 0 Å². The molecular formula is C16H13BrN2O. The maximum atomic E-state index is 9.32. The number of benzene rings is 2. The van der Waals surface area contributed by atoms with Crippen molar-refractivity contribution in [1.29, 1.82) is 0 Å². The van der Waals surface area contributed by atoms with Crippen LogP contribution in [-0.2, 0) is 6.54 Å². The van der Waals surface area contributed by atoms with E-state index in [0.717, 1.165) is 28.0 Å². The molecule has 0 saturated carbocycles. The molecule has 3 rings (SSSR count). The van der Waals surface area contributed by atoms with Crippen molar-refractivity contribution in [2.75, 3.05) is 0 Å². The Bertz CT molecular complexity index is 702. The topological polar surface area (TPSA) is 38.0 Å². The van der Waals surface area contributed by atoms with Gasteiger partial charge in [-0.2, -0.15) is 0 Å². The second-order valence-electron chi connectivity index (χ2n) is 4.55. The van der Waals surface area contributed by atoms with E-state index in [1.165, 1.54) is 0 Å². The van der Waals surface area contributed by atoms with Crippen LogP contribution in [0, 0.1) is 0 Å². The van der Waals surface area contributed by atoms with E-state index < -0.39 is 0 Å². The smallest absolute Gasteiger partial charge is 0.140 e. The van der Waals surface area contributed by atoms with Gasteiger partial charge in [0.15, 0.2) is 0 Å². The number of rotatable bonds is 3.